The van der Waals surface area contributed by atoms with Crippen LogP contribution >= 0.6 is 12.2 Å². The first-order valence-electron chi connectivity index (χ1n) is 8.28. The van der Waals surface area contributed by atoms with Crippen LogP contribution in [-0.4, -0.2) is 63.1 Å². The molecule has 2 N–H and O–H groups in total. The van der Waals surface area contributed by atoms with E-state index in [4.69, 9.17) is 21.7 Å². The highest BCUT2D eigenvalue weighted by atomic mass is 32.1. The van der Waals surface area contributed by atoms with Gasteiger partial charge in [0.05, 0.1) is 19.3 Å². The number of nitrogens with zero attached hydrogens (tertiary/aromatic N) is 1. The number of morpholine rings is 1. The molecule has 1 heterocycles. The molecule has 1 aromatic rings. The Bertz CT molecular complexity index is 495. The standard InChI is InChI=1S/C17H26FN3O2S/c1-22-10-2-7-19-17(24)20-13-16(21-8-11-23-12-9-21)14-3-5-15(18)6-4-14/h3-6,16H,2,7-13H2,1H3,(H2,19,20,24). The molecule has 0 aliphatic carbocycles. The van der Waals surface area contributed by atoms with Crippen LogP contribution in [0.25, 0.3) is 0 Å². The smallest absolute Gasteiger partial charge is 0.166 e. The molecule has 0 spiro atoms. The van der Waals surface area contributed by atoms with Crippen LogP contribution in [-0.2, 0) is 9.47 Å². The van der Waals surface area contributed by atoms with Crippen molar-refractivity contribution in [2.24, 2.45) is 0 Å². The van der Waals surface area contributed by atoms with Gasteiger partial charge < -0.3 is 20.1 Å². The van der Waals surface area contributed by atoms with Crippen LogP contribution in [0.15, 0.2) is 24.3 Å². The second-order valence-electron chi connectivity index (χ2n) is 5.70. The van der Waals surface area contributed by atoms with Crippen LogP contribution in [0.2, 0.25) is 0 Å². The molecule has 1 atom stereocenters. The van der Waals surface area contributed by atoms with Crippen molar-refractivity contribution in [3.8, 4) is 0 Å². The van der Waals surface area contributed by atoms with Crippen molar-refractivity contribution < 1.29 is 13.9 Å². The minimum Gasteiger partial charge on any atom is -0.385 e. The van der Waals surface area contributed by atoms with Gasteiger partial charge in [-0.05, 0) is 36.3 Å². The van der Waals surface area contributed by atoms with E-state index in [0.29, 0.717) is 18.3 Å². The van der Waals surface area contributed by atoms with E-state index in [9.17, 15) is 4.39 Å². The summed E-state index contributed by atoms with van der Waals surface area (Å²) in [5.41, 5.74) is 1.08. The molecular weight excluding hydrogens is 329 g/mol. The predicted octanol–water partition coefficient (Wildman–Crippen LogP) is 1.70. The number of rotatable bonds is 8. The van der Waals surface area contributed by atoms with Crippen molar-refractivity contribution in [3.63, 3.8) is 0 Å². The zero-order chi connectivity index (χ0) is 17.2. The normalized spacial score (nSPS) is 16.6. The van der Waals surface area contributed by atoms with E-state index >= 15 is 0 Å². The Balaban J connectivity index is 1.90. The third-order valence-corrected chi connectivity index (χ3v) is 4.30. The fourth-order valence-electron chi connectivity index (χ4n) is 2.70. The van der Waals surface area contributed by atoms with Crippen LogP contribution in [0.1, 0.15) is 18.0 Å². The summed E-state index contributed by atoms with van der Waals surface area (Å²) in [4.78, 5) is 2.34. The molecule has 1 aliphatic heterocycles. The number of nitrogens with one attached hydrogen (secondary N) is 2. The Hall–Kier alpha value is -1.28. The summed E-state index contributed by atoms with van der Waals surface area (Å²) in [5.74, 6) is -0.220. The molecule has 0 bridgehead atoms. The molecule has 7 heteroatoms. The Labute approximate surface area is 148 Å². The number of methoxy groups -OCH3 is 1. The van der Waals surface area contributed by atoms with Crippen LogP contribution in [0.4, 0.5) is 4.39 Å². The molecule has 0 aromatic heterocycles. The maximum absolute atomic E-state index is 13.2. The zero-order valence-corrected chi connectivity index (χ0v) is 14.9. The molecule has 134 valence electrons. The van der Waals surface area contributed by atoms with Crippen LogP contribution < -0.4 is 10.6 Å². The number of thiocarbonyl (C=S) groups is 1. The minimum atomic E-state index is -0.220. The van der Waals surface area contributed by atoms with E-state index in [2.05, 4.69) is 15.5 Å². The van der Waals surface area contributed by atoms with E-state index in [1.165, 1.54) is 12.1 Å². The van der Waals surface area contributed by atoms with Crippen molar-refractivity contribution in [1.29, 1.82) is 0 Å². The summed E-state index contributed by atoms with van der Waals surface area (Å²) < 4.78 is 23.7. The molecule has 5 nitrogen and oxygen atoms in total. The lowest BCUT2D eigenvalue weighted by Gasteiger charge is -2.35. The Morgan fingerprint density at radius 1 is 1.29 bits per heavy atom. The summed E-state index contributed by atoms with van der Waals surface area (Å²) in [5, 5.41) is 7.08. The van der Waals surface area contributed by atoms with Gasteiger partial charge in [-0.3, -0.25) is 4.90 Å². The molecule has 1 unspecified atom stereocenters. The minimum absolute atomic E-state index is 0.133. The Kier molecular flexibility index (Phi) is 8.38. The molecule has 0 radical (unpaired) electrons. The molecular formula is C17H26FN3O2S. The lowest BCUT2D eigenvalue weighted by Crippen LogP contribution is -2.45. The van der Waals surface area contributed by atoms with Gasteiger partial charge in [-0.25, -0.2) is 4.39 Å². The highest BCUT2D eigenvalue weighted by Crippen LogP contribution is 2.21. The average molecular weight is 355 g/mol. The first kappa shape index (κ1) is 19.1. The van der Waals surface area contributed by atoms with Gasteiger partial charge in [0.25, 0.3) is 0 Å². The number of hydrogen-bond acceptors (Lipinski definition) is 4. The van der Waals surface area contributed by atoms with Gasteiger partial charge in [0, 0.05) is 39.9 Å². The van der Waals surface area contributed by atoms with Crippen molar-refractivity contribution in [2.45, 2.75) is 12.5 Å². The Morgan fingerprint density at radius 2 is 2.00 bits per heavy atom. The van der Waals surface area contributed by atoms with E-state index in [1.54, 1.807) is 7.11 Å². The van der Waals surface area contributed by atoms with Gasteiger partial charge in [-0.2, -0.15) is 0 Å². The molecule has 0 saturated carbocycles. The predicted molar refractivity (Wildman–Crippen MR) is 96.6 cm³/mol. The average Bonchev–Trinajstić information content (AvgIpc) is 2.61. The monoisotopic (exact) mass is 355 g/mol. The largest absolute Gasteiger partial charge is 0.385 e. The van der Waals surface area contributed by atoms with E-state index < -0.39 is 0 Å². The highest BCUT2D eigenvalue weighted by Gasteiger charge is 2.22. The molecule has 1 fully saturated rings. The summed E-state index contributed by atoms with van der Waals surface area (Å²) in [6, 6.07) is 6.82. The maximum atomic E-state index is 13.2. The van der Waals surface area contributed by atoms with Crippen LogP contribution in [0.3, 0.4) is 0 Å². The first-order valence-corrected chi connectivity index (χ1v) is 8.69. The first-order chi connectivity index (χ1) is 11.7. The number of ether oxygens (including phenoxy) is 2. The van der Waals surface area contributed by atoms with Crippen LogP contribution in [0, 0.1) is 5.82 Å². The number of hydrogen-bond donors (Lipinski definition) is 2. The summed E-state index contributed by atoms with van der Waals surface area (Å²) in [6.07, 6.45) is 0.906. The molecule has 24 heavy (non-hydrogen) atoms. The summed E-state index contributed by atoms with van der Waals surface area (Å²) in [7, 11) is 1.69. The second kappa shape index (κ2) is 10.6. The third kappa shape index (κ3) is 6.32. The lowest BCUT2D eigenvalue weighted by atomic mass is 10.0. The highest BCUT2D eigenvalue weighted by molar-refractivity contribution is 7.80. The van der Waals surface area contributed by atoms with Crippen molar-refractivity contribution in [1.82, 2.24) is 15.5 Å². The van der Waals surface area contributed by atoms with Gasteiger partial charge >= 0.3 is 0 Å². The van der Waals surface area contributed by atoms with Gasteiger partial charge in [-0.15, -0.1) is 0 Å². The van der Waals surface area contributed by atoms with Crippen molar-refractivity contribution >= 4 is 17.3 Å². The Morgan fingerprint density at radius 3 is 2.67 bits per heavy atom. The topological polar surface area (TPSA) is 45.8 Å². The SMILES string of the molecule is COCCCNC(=S)NCC(c1ccc(F)cc1)N1CCOCC1. The van der Waals surface area contributed by atoms with Gasteiger partial charge in [0.15, 0.2) is 5.11 Å². The van der Waals surface area contributed by atoms with Gasteiger partial charge in [-0.1, -0.05) is 12.1 Å². The summed E-state index contributed by atoms with van der Waals surface area (Å²) >= 11 is 5.33. The van der Waals surface area contributed by atoms with E-state index in [1.807, 2.05) is 12.1 Å². The van der Waals surface area contributed by atoms with Gasteiger partial charge in [0.2, 0.25) is 0 Å². The quantitative estimate of drug-likeness (QED) is 0.547. The van der Waals surface area contributed by atoms with Gasteiger partial charge in [0.1, 0.15) is 5.82 Å². The van der Waals surface area contributed by atoms with E-state index in [0.717, 1.165) is 44.8 Å². The molecule has 2 rings (SSSR count). The fraction of sp³-hybridized carbons (Fsp3) is 0.588. The van der Waals surface area contributed by atoms with Crippen molar-refractivity contribution in [2.75, 3.05) is 53.1 Å². The van der Waals surface area contributed by atoms with Crippen molar-refractivity contribution in [3.05, 3.63) is 35.6 Å². The molecule has 1 aromatic carbocycles. The zero-order valence-electron chi connectivity index (χ0n) is 14.1. The fourth-order valence-corrected chi connectivity index (χ4v) is 2.89. The number of halogens is 1. The molecule has 0 amide bonds. The van der Waals surface area contributed by atoms with E-state index in [-0.39, 0.29) is 11.9 Å². The lowest BCUT2D eigenvalue weighted by molar-refractivity contribution is 0.0170. The third-order valence-electron chi connectivity index (χ3n) is 4.01. The maximum Gasteiger partial charge on any atom is 0.166 e. The summed E-state index contributed by atoms with van der Waals surface area (Å²) in [6.45, 7) is 5.31. The second-order valence-corrected chi connectivity index (χ2v) is 6.11. The molecule has 1 aliphatic rings. The van der Waals surface area contributed by atoms with Crippen LogP contribution in [0.5, 0.6) is 0 Å². The number of benzene rings is 1. The molecule has 1 saturated heterocycles.